The fourth-order valence-corrected chi connectivity index (χ4v) is 4.69. The second-order valence-electron chi connectivity index (χ2n) is 8.12. The lowest BCUT2D eigenvalue weighted by Crippen LogP contribution is -2.08. The summed E-state index contributed by atoms with van der Waals surface area (Å²) in [5, 5.41) is 8.18. The highest BCUT2D eigenvalue weighted by Gasteiger charge is 2.16. The third kappa shape index (κ3) is 4.82. The second-order valence-corrected chi connectivity index (χ2v) is 10.3. The predicted octanol–water partition coefficient (Wildman–Crippen LogP) is 4.62. The number of anilines is 1. The summed E-state index contributed by atoms with van der Waals surface area (Å²) >= 11 is 0. The number of benzene rings is 2. The molecular formula is C26H23N5O2S. The zero-order valence-electron chi connectivity index (χ0n) is 18.6. The van der Waals surface area contributed by atoms with Crippen molar-refractivity contribution < 1.29 is 8.42 Å². The van der Waals surface area contributed by atoms with Crippen molar-refractivity contribution in [3.63, 3.8) is 0 Å². The Kier molecular flexibility index (Phi) is 5.81. The third-order valence-electron chi connectivity index (χ3n) is 5.37. The maximum atomic E-state index is 11.8. The Bertz CT molecular complexity index is 1550. The van der Waals surface area contributed by atoms with Gasteiger partial charge in [-0.2, -0.15) is 0 Å². The van der Waals surface area contributed by atoms with Gasteiger partial charge < -0.3 is 5.32 Å². The minimum Gasteiger partial charge on any atom is -0.363 e. The molecule has 5 rings (SSSR count). The summed E-state index contributed by atoms with van der Waals surface area (Å²) in [7, 11) is -3.15. The van der Waals surface area contributed by atoms with Gasteiger partial charge in [-0.1, -0.05) is 54.6 Å². The van der Waals surface area contributed by atoms with E-state index in [2.05, 4.69) is 22.4 Å². The molecule has 0 aliphatic rings. The van der Waals surface area contributed by atoms with Crippen molar-refractivity contribution in [3.05, 3.63) is 103 Å². The van der Waals surface area contributed by atoms with Gasteiger partial charge in [0, 0.05) is 29.8 Å². The van der Waals surface area contributed by atoms with Crippen LogP contribution in [0.25, 0.3) is 28.0 Å². The van der Waals surface area contributed by atoms with Crippen molar-refractivity contribution in [3.8, 4) is 22.5 Å². The van der Waals surface area contributed by atoms with Gasteiger partial charge in [-0.05, 0) is 35.4 Å². The van der Waals surface area contributed by atoms with Gasteiger partial charge in [-0.25, -0.2) is 17.9 Å². The third-order valence-corrected chi connectivity index (χ3v) is 6.23. The monoisotopic (exact) mass is 469 g/mol. The van der Waals surface area contributed by atoms with Crippen LogP contribution in [0.3, 0.4) is 0 Å². The minimum atomic E-state index is -3.15. The van der Waals surface area contributed by atoms with E-state index < -0.39 is 9.84 Å². The van der Waals surface area contributed by atoms with E-state index in [0.717, 1.165) is 27.9 Å². The maximum Gasteiger partial charge on any atom is 0.182 e. The van der Waals surface area contributed by atoms with E-state index in [-0.39, 0.29) is 5.75 Å². The lowest BCUT2D eigenvalue weighted by molar-refractivity contribution is 0.601. The molecule has 0 amide bonds. The lowest BCUT2D eigenvalue weighted by Gasteiger charge is -2.12. The molecule has 0 aliphatic carbocycles. The zero-order chi connectivity index (χ0) is 23.5. The minimum absolute atomic E-state index is 0.0322. The van der Waals surface area contributed by atoms with E-state index in [0.29, 0.717) is 23.8 Å². The molecule has 0 unspecified atom stereocenters. The average Bonchev–Trinajstić information content (AvgIpc) is 3.27. The van der Waals surface area contributed by atoms with Gasteiger partial charge >= 0.3 is 0 Å². The highest BCUT2D eigenvalue weighted by Crippen LogP contribution is 2.31. The van der Waals surface area contributed by atoms with Crippen molar-refractivity contribution in [2.75, 3.05) is 11.6 Å². The van der Waals surface area contributed by atoms with Gasteiger partial charge in [0.15, 0.2) is 21.5 Å². The van der Waals surface area contributed by atoms with Gasteiger partial charge in [0.25, 0.3) is 0 Å². The highest BCUT2D eigenvalue weighted by atomic mass is 32.2. The summed E-state index contributed by atoms with van der Waals surface area (Å²) in [6, 6.07) is 25.3. The van der Waals surface area contributed by atoms with Crippen LogP contribution in [0.4, 0.5) is 5.82 Å². The van der Waals surface area contributed by atoms with Gasteiger partial charge in [-0.3, -0.25) is 4.98 Å². The summed E-state index contributed by atoms with van der Waals surface area (Å²) < 4.78 is 25.4. The Labute approximate surface area is 198 Å². The number of rotatable bonds is 7. The molecule has 0 aliphatic heterocycles. The molecule has 0 radical (unpaired) electrons. The molecule has 0 atom stereocenters. The SMILES string of the molecule is CS(=O)(=O)Cc1cccc(-c2nc(NCc3ccccn3)c3c(-c4ccccc4)ccn3n2)c1. The number of nitrogens with zero attached hydrogens (tertiary/aromatic N) is 4. The zero-order valence-corrected chi connectivity index (χ0v) is 19.4. The fraction of sp³-hybridized carbons (Fsp3) is 0.115. The lowest BCUT2D eigenvalue weighted by atomic mass is 10.1. The van der Waals surface area contributed by atoms with E-state index in [1.54, 1.807) is 12.3 Å². The molecule has 3 heterocycles. The van der Waals surface area contributed by atoms with Crippen LogP contribution >= 0.6 is 0 Å². The molecule has 1 N–H and O–H groups in total. The quantitative estimate of drug-likeness (QED) is 0.374. The maximum absolute atomic E-state index is 11.8. The molecule has 0 saturated heterocycles. The van der Waals surface area contributed by atoms with Crippen LogP contribution in [-0.4, -0.2) is 34.3 Å². The molecule has 8 heteroatoms. The molecule has 0 fully saturated rings. The van der Waals surface area contributed by atoms with Gasteiger partial charge in [-0.15, -0.1) is 5.10 Å². The molecule has 0 bridgehead atoms. The number of hydrogen-bond donors (Lipinski definition) is 1. The van der Waals surface area contributed by atoms with Crippen LogP contribution in [0.15, 0.2) is 91.3 Å². The first-order valence-electron chi connectivity index (χ1n) is 10.8. The van der Waals surface area contributed by atoms with E-state index in [4.69, 9.17) is 10.1 Å². The smallest absolute Gasteiger partial charge is 0.182 e. The first kappa shape index (κ1) is 21.8. The normalized spacial score (nSPS) is 11.6. The number of pyridine rings is 1. The van der Waals surface area contributed by atoms with Crippen molar-refractivity contribution in [1.29, 1.82) is 0 Å². The summed E-state index contributed by atoms with van der Waals surface area (Å²) in [5.74, 6) is 1.14. The number of sulfone groups is 1. The van der Waals surface area contributed by atoms with E-state index in [9.17, 15) is 8.42 Å². The Morgan fingerprint density at radius 1 is 0.912 bits per heavy atom. The molecular weight excluding hydrogens is 446 g/mol. The van der Waals surface area contributed by atoms with E-state index in [1.807, 2.05) is 71.4 Å². The first-order valence-corrected chi connectivity index (χ1v) is 12.9. The summed E-state index contributed by atoms with van der Waals surface area (Å²) in [6.07, 6.45) is 4.90. The van der Waals surface area contributed by atoms with Crippen LogP contribution in [-0.2, 0) is 22.1 Å². The molecule has 170 valence electrons. The number of aromatic nitrogens is 4. The van der Waals surface area contributed by atoms with Crippen molar-refractivity contribution in [2.24, 2.45) is 0 Å². The Balaban J connectivity index is 1.61. The van der Waals surface area contributed by atoms with Crippen molar-refractivity contribution in [1.82, 2.24) is 19.6 Å². The standard InChI is InChI=1S/C26H23N5O2S/c1-34(32,33)18-19-8-7-11-21(16-19)25-29-26(28-17-22-12-5-6-14-27-22)24-23(13-15-31(24)30-25)20-9-3-2-4-10-20/h2-16H,17-18H2,1H3,(H,28,29,30). The molecule has 7 nitrogen and oxygen atoms in total. The first-order chi connectivity index (χ1) is 16.5. The van der Waals surface area contributed by atoms with Crippen LogP contribution in [0.5, 0.6) is 0 Å². The topological polar surface area (TPSA) is 89.2 Å². The number of fused-ring (bicyclic) bond motifs is 1. The molecule has 0 spiro atoms. The molecule has 2 aromatic carbocycles. The van der Waals surface area contributed by atoms with Gasteiger partial charge in [0.1, 0.15) is 5.52 Å². The molecule has 34 heavy (non-hydrogen) atoms. The summed E-state index contributed by atoms with van der Waals surface area (Å²) in [4.78, 5) is 9.26. The van der Waals surface area contributed by atoms with Crippen LogP contribution < -0.4 is 5.32 Å². The summed E-state index contributed by atoms with van der Waals surface area (Å²) in [6.45, 7) is 0.500. The van der Waals surface area contributed by atoms with Crippen LogP contribution in [0.2, 0.25) is 0 Å². The Morgan fingerprint density at radius 2 is 1.71 bits per heavy atom. The Morgan fingerprint density at radius 3 is 2.47 bits per heavy atom. The van der Waals surface area contributed by atoms with Gasteiger partial charge in [0.05, 0.1) is 18.0 Å². The predicted molar refractivity (Wildman–Crippen MR) is 134 cm³/mol. The number of nitrogens with one attached hydrogen (secondary N) is 1. The van der Waals surface area contributed by atoms with Gasteiger partial charge in [0.2, 0.25) is 0 Å². The fourth-order valence-electron chi connectivity index (χ4n) is 3.90. The van der Waals surface area contributed by atoms with Crippen molar-refractivity contribution in [2.45, 2.75) is 12.3 Å². The van der Waals surface area contributed by atoms with E-state index >= 15 is 0 Å². The summed E-state index contributed by atoms with van der Waals surface area (Å²) in [5.41, 5.74) is 5.28. The highest BCUT2D eigenvalue weighted by molar-refractivity contribution is 7.89. The molecule has 0 saturated carbocycles. The molecule has 5 aromatic rings. The van der Waals surface area contributed by atoms with Crippen LogP contribution in [0.1, 0.15) is 11.3 Å². The second kappa shape index (κ2) is 9.07. The van der Waals surface area contributed by atoms with E-state index in [1.165, 1.54) is 6.26 Å². The Hall–Kier alpha value is -4.04. The van der Waals surface area contributed by atoms with Crippen LogP contribution in [0, 0.1) is 0 Å². The van der Waals surface area contributed by atoms with Crippen molar-refractivity contribution >= 4 is 21.2 Å². The number of hydrogen-bond acceptors (Lipinski definition) is 6. The largest absolute Gasteiger partial charge is 0.363 e. The molecule has 3 aromatic heterocycles. The average molecular weight is 470 g/mol.